The lowest BCUT2D eigenvalue weighted by Gasteiger charge is -2.09. The van der Waals surface area contributed by atoms with Gasteiger partial charge in [-0.2, -0.15) is 0 Å². The van der Waals surface area contributed by atoms with E-state index < -0.39 is 11.9 Å². The standard InChI is InChI=1S/C19H20N4O4S/c1-4-27-19(26)15-10(2)16(17(20)25)28-18(15)22-14(24)9-23-11(3)21-12-7-5-6-8-13(12)23/h5-8H,4,9H2,1-3H3,(H2,20,25)(H,22,24). The fraction of sp³-hybridized carbons (Fsp3) is 0.263. The quantitative estimate of drug-likeness (QED) is 0.617. The van der Waals surface area contributed by atoms with Crippen LogP contribution in [-0.2, 0) is 16.1 Å². The molecule has 3 N–H and O–H groups in total. The van der Waals surface area contributed by atoms with E-state index in [-0.39, 0.29) is 34.5 Å². The third-order valence-corrected chi connectivity index (χ3v) is 5.47. The summed E-state index contributed by atoms with van der Waals surface area (Å²) in [5, 5.41) is 2.97. The van der Waals surface area contributed by atoms with Gasteiger partial charge in [-0.25, -0.2) is 9.78 Å². The van der Waals surface area contributed by atoms with Crippen LogP contribution in [0.1, 0.15) is 38.3 Å². The molecule has 9 heteroatoms. The Kier molecular flexibility index (Phi) is 5.46. The number of imidazole rings is 1. The van der Waals surface area contributed by atoms with Crippen LogP contribution >= 0.6 is 11.3 Å². The zero-order chi connectivity index (χ0) is 20.4. The normalized spacial score (nSPS) is 10.8. The van der Waals surface area contributed by atoms with Gasteiger partial charge in [-0.1, -0.05) is 12.1 Å². The van der Waals surface area contributed by atoms with Crippen molar-refractivity contribution >= 4 is 45.2 Å². The molecule has 2 aromatic heterocycles. The van der Waals surface area contributed by atoms with Crippen molar-refractivity contribution in [2.24, 2.45) is 5.73 Å². The molecule has 0 radical (unpaired) electrons. The van der Waals surface area contributed by atoms with E-state index in [1.54, 1.807) is 18.4 Å². The Morgan fingerprint density at radius 2 is 1.96 bits per heavy atom. The first-order valence-electron chi connectivity index (χ1n) is 8.65. The summed E-state index contributed by atoms with van der Waals surface area (Å²) in [6.07, 6.45) is 0. The number of benzene rings is 1. The van der Waals surface area contributed by atoms with Crippen molar-refractivity contribution in [3.63, 3.8) is 0 Å². The van der Waals surface area contributed by atoms with Gasteiger partial charge >= 0.3 is 5.97 Å². The molecule has 1 aromatic carbocycles. The third kappa shape index (κ3) is 3.61. The molecule has 0 unspecified atom stereocenters. The van der Waals surface area contributed by atoms with E-state index in [4.69, 9.17) is 10.5 Å². The Morgan fingerprint density at radius 3 is 2.64 bits per heavy atom. The highest BCUT2D eigenvalue weighted by Crippen LogP contribution is 2.33. The number of fused-ring (bicyclic) bond motifs is 1. The van der Waals surface area contributed by atoms with E-state index in [1.165, 1.54) is 0 Å². The zero-order valence-electron chi connectivity index (χ0n) is 15.7. The number of carbonyl (C=O) groups is 3. The number of carbonyl (C=O) groups excluding carboxylic acids is 3. The first kappa shape index (κ1) is 19.6. The molecule has 0 bridgehead atoms. The molecular formula is C19H20N4O4S. The van der Waals surface area contributed by atoms with Crippen LogP contribution in [0.4, 0.5) is 5.00 Å². The molecule has 2 amide bonds. The van der Waals surface area contributed by atoms with E-state index in [1.807, 2.05) is 31.2 Å². The van der Waals surface area contributed by atoms with Crippen molar-refractivity contribution in [1.82, 2.24) is 9.55 Å². The van der Waals surface area contributed by atoms with Crippen molar-refractivity contribution in [2.45, 2.75) is 27.3 Å². The minimum Gasteiger partial charge on any atom is -0.462 e. The number of nitrogens with two attached hydrogens (primary N) is 1. The third-order valence-electron chi connectivity index (χ3n) is 4.25. The molecule has 28 heavy (non-hydrogen) atoms. The fourth-order valence-corrected chi connectivity index (χ4v) is 4.05. The van der Waals surface area contributed by atoms with Gasteiger partial charge in [0.25, 0.3) is 5.91 Å². The molecule has 3 aromatic rings. The number of amides is 2. The number of thiophene rings is 1. The Hall–Kier alpha value is -3.20. The van der Waals surface area contributed by atoms with Gasteiger partial charge in [0, 0.05) is 0 Å². The molecular weight excluding hydrogens is 380 g/mol. The Morgan fingerprint density at radius 1 is 1.25 bits per heavy atom. The second-order valence-electron chi connectivity index (χ2n) is 6.13. The SMILES string of the molecule is CCOC(=O)c1c(NC(=O)Cn2c(C)nc3ccccc32)sc(C(N)=O)c1C. The summed E-state index contributed by atoms with van der Waals surface area (Å²) in [4.78, 5) is 41.3. The van der Waals surface area contributed by atoms with Crippen molar-refractivity contribution in [2.75, 3.05) is 11.9 Å². The lowest BCUT2D eigenvalue weighted by Crippen LogP contribution is -2.20. The number of nitrogens with zero attached hydrogens (tertiary/aromatic N) is 2. The second kappa shape index (κ2) is 7.81. The summed E-state index contributed by atoms with van der Waals surface area (Å²) in [5.74, 6) is -0.926. The molecule has 0 aliphatic carbocycles. The Bertz CT molecular complexity index is 1080. The Labute approximate surface area is 165 Å². The predicted octanol–water partition coefficient (Wildman–Crippen LogP) is 2.63. The maximum Gasteiger partial charge on any atom is 0.341 e. The van der Waals surface area contributed by atoms with Crippen LogP contribution < -0.4 is 11.1 Å². The number of esters is 1. The van der Waals surface area contributed by atoms with Crippen LogP contribution in [0.15, 0.2) is 24.3 Å². The van der Waals surface area contributed by atoms with Crippen molar-refractivity contribution in [3.05, 3.63) is 46.1 Å². The van der Waals surface area contributed by atoms with E-state index >= 15 is 0 Å². The van der Waals surface area contributed by atoms with Gasteiger partial charge in [-0.05, 0) is 38.5 Å². The molecule has 0 saturated heterocycles. The van der Waals surface area contributed by atoms with Gasteiger partial charge in [0.05, 0.1) is 28.1 Å². The number of hydrogen-bond donors (Lipinski definition) is 2. The molecule has 8 nitrogen and oxygen atoms in total. The maximum atomic E-state index is 12.7. The smallest absolute Gasteiger partial charge is 0.341 e. The number of para-hydroxylation sites is 2. The van der Waals surface area contributed by atoms with Crippen LogP contribution in [0.2, 0.25) is 0 Å². The largest absolute Gasteiger partial charge is 0.462 e. The van der Waals surface area contributed by atoms with Crippen molar-refractivity contribution < 1.29 is 19.1 Å². The monoisotopic (exact) mass is 400 g/mol. The minimum atomic E-state index is -0.662. The number of rotatable bonds is 6. The number of nitrogens with one attached hydrogen (secondary N) is 1. The van der Waals surface area contributed by atoms with Gasteiger partial charge in [0.15, 0.2) is 0 Å². The minimum absolute atomic E-state index is 0.0114. The number of anilines is 1. The van der Waals surface area contributed by atoms with Gasteiger partial charge < -0.3 is 20.4 Å². The molecule has 0 aliphatic rings. The maximum absolute atomic E-state index is 12.7. The number of ether oxygens (including phenoxy) is 1. The molecule has 0 aliphatic heterocycles. The molecule has 0 spiro atoms. The van der Waals surface area contributed by atoms with E-state index in [0.717, 1.165) is 22.4 Å². The average Bonchev–Trinajstić information content (AvgIpc) is 3.12. The van der Waals surface area contributed by atoms with Crippen LogP contribution in [0.5, 0.6) is 0 Å². The summed E-state index contributed by atoms with van der Waals surface area (Å²) in [7, 11) is 0. The second-order valence-corrected chi connectivity index (χ2v) is 7.15. The highest BCUT2D eigenvalue weighted by atomic mass is 32.1. The molecule has 0 atom stereocenters. The van der Waals surface area contributed by atoms with Gasteiger partial charge in [-0.3, -0.25) is 9.59 Å². The fourth-order valence-electron chi connectivity index (χ4n) is 2.99. The topological polar surface area (TPSA) is 116 Å². The number of aromatic nitrogens is 2. The first-order valence-corrected chi connectivity index (χ1v) is 9.47. The van der Waals surface area contributed by atoms with Crippen molar-refractivity contribution in [3.8, 4) is 0 Å². The molecule has 3 rings (SSSR count). The summed E-state index contributed by atoms with van der Waals surface area (Å²) in [6, 6.07) is 7.51. The first-order chi connectivity index (χ1) is 13.3. The van der Waals surface area contributed by atoms with Gasteiger partial charge in [0.2, 0.25) is 5.91 Å². The molecule has 0 fully saturated rings. The number of hydrogen-bond acceptors (Lipinski definition) is 6. The predicted molar refractivity (Wildman–Crippen MR) is 107 cm³/mol. The van der Waals surface area contributed by atoms with Gasteiger partial charge in [0.1, 0.15) is 17.4 Å². The highest BCUT2D eigenvalue weighted by molar-refractivity contribution is 7.18. The highest BCUT2D eigenvalue weighted by Gasteiger charge is 2.26. The van der Waals surface area contributed by atoms with Gasteiger partial charge in [-0.15, -0.1) is 11.3 Å². The molecule has 2 heterocycles. The zero-order valence-corrected chi connectivity index (χ0v) is 16.6. The molecule has 146 valence electrons. The number of aryl methyl sites for hydroxylation is 1. The lowest BCUT2D eigenvalue weighted by molar-refractivity contribution is -0.116. The number of primary amides is 1. The summed E-state index contributed by atoms with van der Waals surface area (Å²) in [5.41, 5.74) is 7.57. The van der Waals surface area contributed by atoms with Crippen LogP contribution in [0.25, 0.3) is 11.0 Å². The van der Waals surface area contributed by atoms with E-state index in [0.29, 0.717) is 11.4 Å². The summed E-state index contributed by atoms with van der Waals surface area (Å²) in [6.45, 7) is 5.29. The summed E-state index contributed by atoms with van der Waals surface area (Å²) >= 11 is 0.965. The van der Waals surface area contributed by atoms with Crippen LogP contribution in [0, 0.1) is 13.8 Å². The lowest BCUT2D eigenvalue weighted by atomic mass is 10.1. The van der Waals surface area contributed by atoms with Crippen LogP contribution in [-0.4, -0.2) is 33.9 Å². The molecule has 0 saturated carbocycles. The van der Waals surface area contributed by atoms with E-state index in [2.05, 4.69) is 10.3 Å². The van der Waals surface area contributed by atoms with E-state index in [9.17, 15) is 14.4 Å². The average molecular weight is 400 g/mol. The summed E-state index contributed by atoms with van der Waals surface area (Å²) < 4.78 is 6.84. The van der Waals surface area contributed by atoms with Crippen LogP contribution in [0.3, 0.4) is 0 Å². The van der Waals surface area contributed by atoms with Crippen molar-refractivity contribution in [1.29, 1.82) is 0 Å². The Balaban J connectivity index is 1.91.